The van der Waals surface area contributed by atoms with Crippen molar-refractivity contribution in [1.82, 2.24) is 20.0 Å². The molecule has 0 aliphatic carbocycles. The molecule has 0 saturated heterocycles. The predicted octanol–water partition coefficient (Wildman–Crippen LogP) is 4.60. The number of imidazole rings is 1. The molecule has 0 fully saturated rings. The first-order valence-corrected chi connectivity index (χ1v) is 11.7. The summed E-state index contributed by atoms with van der Waals surface area (Å²) in [6.45, 7) is 11.8. The lowest BCUT2D eigenvalue weighted by atomic mass is 9.90. The lowest BCUT2D eigenvalue weighted by Crippen LogP contribution is -2.33. The van der Waals surface area contributed by atoms with E-state index in [0.29, 0.717) is 36.0 Å². The third-order valence-electron chi connectivity index (χ3n) is 5.47. The van der Waals surface area contributed by atoms with E-state index in [1.165, 1.54) is 5.56 Å². The number of benzene rings is 1. The van der Waals surface area contributed by atoms with Gasteiger partial charge in [-0.1, -0.05) is 71.0 Å². The number of nitrogens with zero attached hydrogens (tertiary/aromatic N) is 2. The average Bonchev–Trinajstić information content (AvgIpc) is 3.17. The fourth-order valence-corrected chi connectivity index (χ4v) is 3.86. The Kier molecular flexibility index (Phi) is 7.90. The molecule has 1 unspecified atom stereocenters. The van der Waals surface area contributed by atoms with Crippen molar-refractivity contribution < 1.29 is 9.59 Å². The summed E-state index contributed by atoms with van der Waals surface area (Å²) in [6, 6.07) is 15.8. The van der Waals surface area contributed by atoms with Crippen LogP contribution in [-0.2, 0) is 11.2 Å². The summed E-state index contributed by atoms with van der Waals surface area (Å²) in [4.78, 5) is 29.9. The van der Waals surface area contributed by atoms with Gasteiger partial charge in [0.2, 0.25) is 5.91 Å². The Balaban J connectivity index is 1.71. The van der Waals surface area contributed by atoms with Crippen molar-refractivity contribution in [3.8, 4) is 0 Å². The molecular formula is C27H36N4O2. The minimum atomic E-state index is -0.147. The van der Waals surface area contributed by atoms with Crippen LogP contribution in [0.3, 0.4) is 0 Å². The largest absolute Gasteiger partial charge is 0.355 e. The third-order valence-corrected chi connectivity index (χ3v) is 5.47. The standard InChI is InChI=1S/C27H36N4O2/c1-19(2)14-21(20-10-7-6-8-11-20)16-28-26(33)23-12-9-13-24-30-22(17-31(23)24)15-25(32)29-18-27(3,4)5/h6-13,17,19,21H,14-16,18H2,1-5H3,(H,28,33)(H,29,32). The van der Waals surface area contributed by atoms with E-state index in [4.69, 9.17) is 0 Å². The monoisotopic (exact) mass is 448 g/mol. The molecule has 2 heterocycles. The van der Waals surface area contributed by atoms with Gasteiger partial charge < -0.3 is 10.6 Å². The zero-order valence-corrected chi connectivity index (χ0v) is 20.4. The molecule has 2 amide bonds. The summed E-state index contributed by atoms with van der Waals surface area (Å²) in [7, 11) is 0. The van der Waals surface area contributed by atoms with Gasteiger partial charge in [-0.2, -0.15) is 0 Å². The van der Waals surface area contributed by atoms with E-state index in [9.17, 15) is 9.59 Å². The SMILES string of the molecule is CC(C)CC(CNC(=O)c1cccc2nc(CC(=O)NCC(C)(C)C)cn12)c1ccccc1. The highest BCUT2D eigenvalue weighted by atomic mass is 16.2. The molecule has 176 valence electrons. The van der Waals surface area contributed by atoms with E-state index < -0.39 is 0 Å². The van der Waals surface area contributed by atoms with Crippen LogP contribution in [-0.4, -0.2) is 34.3 Å². The van der Waals surface area contributed by atoms with Crippen molar-refractivity contribution >= 4 is 17.5 Å². The number of carbonyl (C=O) groups excluding carboxylic acids is 2. The predicted molar refractivity (Wildman–Crippen MR) is 132 cm³/mol. The smallest absolute Gasteiger partial charge is 0.268 e. The second-order valence-electron chi connectivity index (χ2n) is 10.3. The number of hydrogen-bond donors (Lipinski definition) is 2. The van der Waals surface area contributed by atoms with Gasteiger partial charge in [-0.25, -0.2) is 4.98 Å². The first-order chi connectivity index (χ1) is 15.6. The van der Waals surface area contributed by atoms with Crippen molar-refractivity contribution in [2.24, 2.45) is 11.3 Å². The van der Waals surface area contributed by atoms with Gasteiger partial charge in [0.15, 0.2) is 0 Å². The highest BCUT2D eigenvalue weighted by Gasteiger charge is 2.18. The molecule has 0 aliphatic rings. The highest BCUT2D eigenvalue weighted by Crippen LogP contribution is 2.23. The minimum absolute atomic E-state index is 0.0208. The minimum Gasteiger partial charge on any atom is -0.355 e. The van der Waals surface area contributed by atoms with Gasteiger partial charge in [0.1, 0.15) is 11.3 Å². The second-order valence-corrected chi connectivity index (χ2v) is 10.3. The summed E-state index contributed by atoms with van der Waals surface area (Å²) >= 11 is 0. The van der Waals surface area contributed by atoms with Crippen LogP contribution in [0.2, 0.25) is 0 Å². The molecule has 2 N–H and O–H groups in total. The van der Waals surface area contributed by atoms with Crippen molar-refractivity contribution in [2.45, 2.75) is 53.4 Å². The molecule has 1 atom stereocenters. The van der Waals surface area contributed by atoms with E-state index in [0.717, 1.165) is 6.42 Å². The first-order valence-electron chi connectivity index (χ1n) is 11.7. The van der Waals surface area contributed by atoms with E-state index in [1.54, 1.807) is 16.7 Å². The quantitative estimate of drug-likeness (QED) is 0.502. The van der Waals surface area contributed by atoms with Crippen LogP contribution in [0, 0.1) is 11.3 Å². The van der Waals surface area contributed by atoms with Crippen LogP contribution in [0.1, 0.15) is 68.7 Å². The summed E-state index contributed by atoms with van der Waals surface area (Å²) in [5, 5.41) is 6.06. The molecule has 0 saturated carbocycles. The topological polar surface area (TPSA) is 75.5 Å². The second kappa shape index (κ2) is 10.6. The zero-order chi connectivity index (χ0) is 24.0. The zero-order valence-electron chi connectivity index (χ0n) is 20.4. The Labute approximate surface area is 196 Å². The molecule has 2 aromatic heterocycles. The molecule has 33 heavy (non-hydrogen) atoms. The van der Waals surface area contributed by atoms with Crippen LogP contribution < -0.4 is 10.6 Å². The molecule has 0 radical (unpaired) electrons. The first kappa shape index (κ1) is 24.5. The Morgan fingerprint density at radius 3 is 2.39 bits per heavy atom. The highest BCUT2D eigenvalue weighted by molar-refractivity contribution is 5.93. The molecule has 6 heteroatoms. The molecule has 3 rings (SSSR count). The van der Waals surface area contributed by atoms with Gasteiger partial charge in [0.05, 0.1) is 12.1 Å². The van der Waals surface area contributed by atoms with Crippen LogP contribution >= 0.6 is 0 Å². The molecular weight excluding hydrogens is 412 g/mol. The molecule has 0 aliphatic heterocycles. The van der Waals surface area contributed by atoms with E-state index in [-0.39, 0.29) is 29.6 Å². The van der Waals surface area contributed by atoms with Gasteiger partial charge in [-0.3, -0.25) is 14.0 Å². The van der Waals surface area contributed by atoms with Gasteiger partial charge in [0, 0.05) is 25.2 Å². The van der Waals surface area contributed by atoms with E-state index in [2.05, 4.69) is 62.4 Å². The number of rotatable bonds is 9. The average molecular weight is 449 g/mol. The van der Waals surface area contributed by atoms with Gasteiger partial charge in [-0.05, 0) is 35.4 Å². The van der Waals surface area contributed by atoms with Crippen molar-refractivity contribution in [1.29, 1.82) is 0 Å². The van der Waals surface area contributed by atoms with Gasteiger partial charge in [-0.15, -0.1) is 0 Å². The Morgan fingerprint density at radius 1 is 1.00 bits per heavy atom. The van der Waals surface area contributed by atoms with Crippen molar-refractivity contribution in [2.75, 3.05) is 13.1 Å². The van der Waals surface area contributed by atoms with Crippen LogP contribution in [0.15, 0.2) is 54.7 Å². The summed E-state index contributed by atoms with van der Waals surface area (Å²) in [5.74, 6) is 0.556. The summed E-state index contributed by atoms with van der Waals surface area (Å²) in [5.41, 5.74) is 3.06. The van der Waals surface area contributed by atoms with Crippen LogP contribution in [0.4, 0.5) is 0 Å². The molecule has 1 aromatic carbocycles. The number of fused-ring (bicyclic) bond motifs is 1. The number of carbonyl (C=O) groups is 2. The lowest BCUT2D eigenvalue weighted by Gasteiger charge is -2.20. The summed E-state index contributed by atoms with van der Waals surface area (Å²) < 4.78 is 1.77. The van der Waals surface area contributed by atoms with Gasteiger partial charge in [0.25, 0.3) is 5.91 Å². The lowest BCUT2D eigenvalue weighted by molar-refractivity contribution is -0.120. The van der Waals surface area contributed by atoms with Crippen LogP contribution in [0.5, 0.6) is 0 Å². The third kappa shape index (κ3) is 7.17. The van der Waals surface area contributed by atoms with E-state index >= 15 is 0 Å². The Hall–Kier alpha value is -3.15. The van der Waals surface area contributed by atoms with E-state index in [1.807, 2.05) is 30.3 Å². The maximum Gasteiger partial charge on any atom is 0.268 e. The number of aromatic nitrogens is 2. The molecule has 6 nitrogen and oxygen atoms in total. The molecule has 0 bridgehead atoms. The fraction of sp³-hybridized carbons (Fsp3) is 0.444. The number of hydrogen-bond acceptors (Lipinski definition) is 3. The number of amides is 2. The molecule has 3 aromatic rings. The van der Waals surface area contributed by atoms with Crippen molar-refractivity contribution in [3.63, 3.8) is 0 Å². The summed E-state index contributed by atoms with van der Waals surface area (Å²) in [6.07, 6.45) is 2.96. The normalized spacial score (nSPS) is 12.7. The number of pyridine rings is 1. The molecule has 0 spiro atoms. The Morgan fingerprint density at radius 2 is 1.73 bits per heavy atom. The maximum absolute atomic E-state index is 13.1. The van der Waals surface area contributed by atoms with Crippen LogP contribution in [0.25, 0.3) is 5.65 Å². The van der Waals surface area contributed by atoms with Gasteiger partial charge >= 0.3 is 0 Å². The fourth-order valence-electron chi connectivity index (χ4n) is 3.86. The Bertz CT molecular complexity index is 1080. The number of nitrogens with one attached hydrogen (secondary N) is 2. The van der Waals surface area contributed by atoms with Crippen molar-refractivity contribution in [3.05, 3.63) is 71.7 Å². The maximum atomic E-state index is 13.1.